The number of nitrogens with zero attached hydrogens (tertiary/aromatic N) is 3. The Labute approximate surface area is 171 Å². The van der Waals surface area contributed by atoms with Crippen LogP contribution in [0, 0.1) is 5.41 Å². The van der Waals surface area contributed by atoms with E-state index in [1.54, 1.807) is 0 Å². The lowest BCUT2D eigenvalue weighted by atomic mass is 9.88. The number of aliphatic hydroxyl groups is 3. The zero-order chi connectivity index (χ0) is 22.3. The van der Waals surface area contributed by atoms with Gasteiger partial charge in [0.05, 0.1) is 19.8 Å². The molecule has 0 heterocycles. The lowest BCUT2D eigenvalue weighted by Gasteiger charge is -2.24. The van der Waals surface area contributed by atoms with Crippen LogP contribution in [0.3, 0.4) is 0 Å². The van der Waals surface area contributed by atoms with Crippen LogP contribution in [0.2, 0.25) is 0 Å². The summed E-state index contributed by atoms with van der Waals surface area (Å²) in [5.74, 6) is -2.94. The molecule has 0 aromatic rings. The molecule has 0 aliphatic carbocycles. The van der Waals surface area contributed by atoms with E-state index in [-0.39, 0.29) is 39.5 Å². The van der Waals surface area contributed by atoms with E-state index in [4.69, 9.17) is 30.6 Å². The van der Waals surface area contributed by atoms with E-state index in [1.807, 2.05) is 6.92 Å². The maximum Gasteiger partial charge on any atom is 0.326 e. The molecule has 0 aliphatic heterocycles. The molecular weight excluding hydrogens is 426 g/mol. The summed E-state index contributed by atoms with van der Waals surface area (Å²) >= 11 is 11.9. The van der Waals surface area contributed by atoms with E-state index < -0.39 is 23.3 Å². The summed E-state index contributed by atoms with van der Waals surface area (Å²) in [6.07, 6.45) is 0.594. The summed E-state index contributed by atoms with van der Waals surface area (Å²) in [5, 5.41) is 49.2. The Kier molecular flexibility index (Phi) is 29.7. The van der Waals surface area contributed by atoms with Crippen molar-refractivity contribution in [3.05, 3.63) is 0 Å². The fourth-order valence-electron chi connectivity index (χ4n) is 0.651. The van der Waals surface area contributed by atoms with Crippen molar-refractivity contribution in [2.24, 2.45) is 18.5 Å². The molecule has 158 valence electrons. The predicted octanol–water partition coefficient (Wildman–Crippen LogP) is -1.24. The molecule has 0 atom stereocenters. The molecule has 0 fully saturated rings. The highest BCUT2D eigenvalue weighted by atomic mass is 32.1. The van der Waals surface area contributed by atoms with Gasteiger partial charge in [-0.3, -0.25) is 14.4 Å². The van der Waals surface area contributed by atoms with Gasteiger partial charge in [-0.1, -0.05) is 6.92 Å². The number of aliphatic hydroxyl groups excluding tert-OH is 3. The van der Waals surface area contributed by atoms with Gasteiger partial charge >= 0.3 is 17.9 Å². The average molecular weight is 450 g/mol. The fraction of sp³-hybridized carbons (Fsp3) is 0.750. The van der Waals surface area contributed by atoms with Crippen LogP contribution in [-0.4, -0.2) is 88.0 Å². The van der Waals surface area contributed by atoms with Gasteiger partial charge in [-0.15, -0.1) is 0 Å². The third-order valence-electron chi connectivity index (χ3n) is 2.36. The SMILES string of the molecule is CCC(CO)(CO)CO.O=C(O)CN=S.O=C(O)CN=S.O=C(O)CN=S. The standard InChI is InChI=1S/C6H14O3.3C2H3NO2S/c1-2-6(3-7,4-8)5-9;3*4-2(5)1-3-6/h7-9H,2-5H2,1H3;3*1H2,(H,4,5). The van der Waals surface area contributed by atoms with Crippen molar-refractivity contribution < 1.29 is 45.0 Å². The first-order valence-corrected chi connectivity index (χ1v) is 8.01. The van der Waals surface area contributed by atoms with Crippen LogP contribution >= 0.6 is 0 Å². The number of carbonyl (C=O) groups is 3. The van der Waals surface area contributed by atoms with Crippen LogP contribution < -0.4 is 0 Å². The Morgan fingerprint density at radius 1 is 0.704 bits per heavy atom. The Hall–Kier alpha value is -1.65. The van der Waals surface area contributed by atoms with Crippen molar-refractivity contribution in [3.63, 3.8) is 0 Å². The van der Waals surface area contributed by atoms with E-state index >= 15 is 0 Å². The second kappa shape index (κ2) is 24.4. The number of hydrogen-bond acceptors (Lipinski definition) is 12. The molecule has 6 N–H and O–H groups in total. The maximum absolute atomic E-state index is 9.44. The van der Waals surface area contributed by atoms with Gasteiger partial charge in [-0.25, -0.2) is 13.1 Å². The first-order chi connectivity index (χ1) is 12.6. The Balaban J connectivity index is -0.000000133. The van der Waals surface area contributed by atoms with Gasteiger partial charge in [-0.2, -0.15) is 0 Å². The molecule has 0 spiro atoms. The zero-order valence-electron chi connectivity index (χ0n) is 14.4. The van der Waals surface area contributed by atoms with Crippen molar-refractivity contribution in [2.75, 3.05) is 39.5 Å². The lowest BCUT2D eigenvalue weighted by molar-refractivity contribution is -0.136. The first kappa shape index (κ1) is 33.0. The highest BCUT2D eigenvalue weighted by Gasteiger charge is 2.24. The maximum atomic E-state index is 9.44. The van der Waals surface area contributed by atoms with Gasteiger partial charge in [0, 0.05) is 42.7 Å². The third kappa shape index (κ3) is 32.5. The van der Waals surface area contributed by atoms with Crippen LogP contribution in [0.5, 0.6) is 0 Å². The van der Waals surface area contributed by atoms with Crippen LogP contribution in [0.15, 0.2) is 13.1 Å². The molecule has 0 saturated heterocycles. The fourth-order valence-corrected chi connectivity index (χ4v) is 0.982. The summed E-state index contributed by atoms with van der Waals surface area (Å²) in [5.41, 5.74) is -0.667. The minimum Gasteiger partial charge on any atom is -0.480 e. The normalized spacial score (nSPS) is 8.89. The highest BCUT2D eigenvalue weighted by molar-refractivity contribution is 7.47. The van der Waals surface area contributed by atoms with Crippen LogP contribution in [0.4, 0.5) is 0 Å². The largest absolute Gasteiger partial charge is 0.480 e. The number of carboxylic acid groups (broad SMARTS) is 3. The zero-order valence-corrected chi connectivity index (χ0v) is 16.9. The molecule has 0 radical (unpaired) electrons. The van der Waals surface area contributed by atoms with Crippen LogP contribution in [0.25, 0.3) is 0 Å². The number of carboxylic acids is 3. The van der Waals surface area contributed by atoms with E-state index in [9.17, 15) is 14.4 Å². The molecule has 0 aromatic carbocycles. The summed E-state index contributed by atoms with van der Waals surface area (Å²) in [4.78, 5) is 28.3. The van der Waals surface area contributed by atoms with Crippen molar-refractivity contribution in [2.45, 2.75) is 13.3 Å². The molecule has 27 heavy (non-hydrogen) atoms. The summed E-state index contributed by atoms with van der Waals surface area (Å²) < 4.78 is 8.76. The van der Waals surface area contributed by atoms with E-state index in [0.29, 0.717) is 6.42 Å². The Morgan fingerprint density at radius 3 is 0.926 bits per heavy atom. The monoisotopic (exact) mass is 449 g/mol. The molecule has 0 aliphatic rings. The first-order valence-electron chi connectivity index (χ1n) is 6.91. The molecule has 0 amide bonds. The number of hydrogen-bond donors (Lipinski definition) is 6. The average Bonchev–Trinajstić information content (AvgIpc) is 2.59. The van der Waals surface area contributed by atoms with Crippen LogP contribution in [0.1, 0.15) is 13.3 Å². The second-order valence-electron chi connectivity index (χ2n) is 4.37. The van der Waals surface area contributed by atoms with Crippen LogP contribution in [-0.2, 0) is 51.7 Å². The molecule has 0 bridgehead atoms. The minimum atomic E-state index is -0.981. The highest BCUT2D eigenvalue weighted by Crippen LogP contribution is 2.18. The number of rotatable bonds is 10. The van der Waals surface area contributed by atoms with Crippen molar-refractivity contribution in [3.8, 4) is 0 Å². The second-order valence-corrected chi connectivity index (χ2v) is 5.15. The van der Waals surface area contributed by atoms with Gasteiger partial charge < -0.3 is 30.6 Å². The summed E-state index contributed by atoms with van der Waals surface area (Å²) in [6, 6.07) is 0. The van der Waals surface area contributed by atoms with E-state index in [0.717, 1.165) is 0 Å². The smallest absolute Gasteiger partial charge is 0.326 e. The topological polar surface area (TPSA) is 210 Å². The molecule has 0 unspecified atom stereocenters. The van der Waals surface area contributed by atoms with E-state index in [2.05, 4.69) is 50.4 Å². The Morgan fingerprint density at radius 2 is 0.926 bits per heavy atom. The van der Waals surface area contributed by atoms with Gasteiger partial charge in [0.25, 0.3) is 0 Å². The summed E-state index contributed by atoms with van der Waals surface area (Å²) in [7, 11) is 0. The predicted molar refractivity (Wildman–Crippen MR) is 101 cm³/mol. The van der Waals surface area contributed by atoms with E-state index in [1.165, 1.54) is 0 Å². The molecule has 0 aromatic heterocycles. The molecule has 0 rings (SSSR count). The van der Waals surface area contributed by atoms with Gasteiger partial charge in [0.1, 0.15) is 19.6 Å². The quantitative estimate of drug-likeness (QED) is 0.231. The Bertz CT molecular complexity index is 384. The van der Waals surface area contributed by atoms with Crippen molar-refractivity contribution in [1.29, 1.82) is 0 Å². The summed E-state index contributed by atoms with van der Waals surface area (Å²) in [6.45, 7) is 0.548. The van der Waals surface area contributed by atoms with Gasteiger partial charge in [-0.05, 0) is 6.42 Å². The molecule has 15 heteroatoms. The number of aliphatic carboxylic acids is 3. The van der Waals surface area contributed by atoms with Gasteiger partial charge in [0.2, 0.25) is 0 Å². The lowest BCUT2D eigenvalue weighted by Crippen LogP contribution is -2.32. The minimum absolute atomic E-state index is 0.156. The molecule has 12 nitrogen and oxygen atoms in total. The molecular formula is C12H23N3O9S3. The van der Waals surface area contributed by atoms with Gasteiger partial charge in [0.15, 0.2) is 0 Å². The van der Waals surface area contributed by atoms with Crippen molar-refractivity contribution in [1.82, 2.24) is 0 Å². The van der Waals surface area contributed by atoms with Crippen molar-refractivity contribution >= 4 is 55.2 Å². The third-order valence-corrected chi connectivity index (χ3v) is 2.74. The molecule has 0 saturated carbocycles.